The van der Waals surface area contributed by atoms with Crippen molar-refractivity contribution in [2.24, 2.45) is 0 Å². The van der Waals surface area contributed by atoms with Gasteiger partial charge in [0.2, 0.25) is 5.76 Å². The number of nitrogens with one attached hydrogen (secondary N) is 2. The summed E-state index contributed by atoms with van der Waals surface area (Å²) < 4.78 is 5.05. The van der Waals surface area contributed by atoms with E-state index >= 15 is 0 Å². The van der Waals surface area contributed by atoms with Crippen LogP contribution in [0.25, 0.3) is 10.9 Å². The molecule has 0 aliphatic rings. The zero-order valence-corrected chi connectivity index (χ0v) is 15.5. The van der Waals surface area contributed by atoms with Crippen molar-refractivity contribution >= 4 is 28.4 Å². The molecule has 0 fully saturated rings. The molecular formula is C21H18ClN3O2. The Hall–Kier alpha value is -3.05. The van der Waals surface area contributed by atoms with Crippen molar-refractivity contribution in [2.45, 2.75) is 12.8 Å². The van der Waals surface area contributed by atoms with Gasteiger partial charge in [-0.3, -0.25) is 4.79 Å². The van der Waals surface area contributed by atoms with Gasteiger partial charge in [0, 0.05) is 40.7 Å². The molecule has 0 bridgehead atoms. The highest BCUT2D eigenvalue weighted by Gasteiger charge is 2.22. The molecule has 4 aromatic rings. The number of halogens is 1. The highest BCUT2D eigenvalue weighted by atomic mass is 35.5. The summed E-state index contributed by atoms with van der Waals surface area (Å²) in [6.07, 6.45) is 1.98. The Morgan fingerprint density at radius 1 is 1.19 bits per heavy atom. The zero-order chi connectivity index (χ0) is 18.8. The van der Waals surface area contributed by atoms with Gasteiger partial charge in [0.25, 0.3) is 5.91 Å². The maximum atomic E-state index is 12.4. The van der Waals surface area contributed by atoms with E-state index < -0.39 is 0 Å². The van der Waals surface area contributed by atoms with Crippen LogP contribution in [0.2, 0.25) is 5.02 Å². The Balaban J connectivity index is 1.68. The third-order valence-corrected chi connectivity index (χ3v) is 4.94. The molecule has 4 rings (SSSR count). The summed E-state index contributed by atoms with van der Waals surface area (Å²) in [6, 6.07) is 17.4. The second-order valence-corrected chi connectivity index (χ2v) is 6.81. The maximum absolute atomic E-state index is 12.4. The molecule has 1 atom stereocenters. The van der Waals surface area contributed by atoms with Crippen LogP contribution in [-0.4, -0.2) is 22.6 Å². The second kappa shape index (κ2) is 7.29. The highest BCUT2D eigenvalue weighted by Crippen LogP contribution is 2.34. The van der Waals surface area contributed by atoms with Crippen molar-refractivity contribution in [3.63, 3.8) is 0 Å². The van der Waals surface area contributed by atoms with E-state index in [1.165, 1.54) is 0 Å². The largest absolute Gasteiger partial charge is 0.361 e. The lowest BCUT2D eigenvalue weighted by Gasteiger charge is -2.19. The Kier molecular flexibility index (Phi) is 4.69. The van der Waals surface area contributed by atoms with E-state index in [2.05, 4.69) is 21.5 Å². The minimum atomic E-state index is -0.299. The number of nitrogens with zero attached hydrogens (tertiary/aromatic N) is 1. The minimum Gasteiger partial charge on any atom is -0.361 e. The summed E-state index contributed by atoms with van der Waals surface area (Å²) >= 11 is 6.47. The third kappa shape index (κ3) is 3.46. The van der Waals surface area contributed by atoms with Crippen molar-refractivity contribution in [3.05, 3.63) is 88.4 Å². The normalized spacial score (nSPS) is 12.2. The molecule has 6 heteroatoms. The molecule has 0 aliphatic carbocycles. The Morgan fingerprint density at radius 3 is 2.74 bits per heavy atom. The van der Waals surface area contributed by atoms with Gasteiger partial charge in [0.05, 0.1) is 5.69 Å². The van der Waals surface area contributed by atoms with Crippen LogP contribution in [0.5, 0.6) is 0 Å². The van der Waals surface area contributed by atoms with Crippen molar-refractivity contribution < 1.29 is 9.32 Å². The monoisotopic (exact) mass is 379 g/mol. The summed E-state index contributed by atoms with van der Waals surface area (Å²) in [7, 11) is 0. The molecule has 136 valence electrons. The van der Waals surface area contributed by atoms with E-state index in [1.807, 2.05) is 48.7 Å². The molecule has 0 aliphatic heterocycles. The summed E-state index contributed by atoms with van der Waals surface area (Å²) in [6.45, 7) is 2.16. The molecule has 0 spiro atoms. The first-order valence-corrected chi connectivity index (χ1v) is 9.03. The van der Waals surface area contributed by atoms with Crippen LogP contribution in [-0.2, 0) is 0 Å². The Bertz CT molecular complexity index is 1100. The third-order valence-electron chi connectivity index (χ3n) is 4.60. The molecule has 5 nitrogen and oxygen atoms in total. The first-order valence-electron chi connectivity index (χ1n) is 8.65. The fourth-order valence-electron chi connectivity index (χ4n) is 3.28. The van der Waals surface area contributed by atoms with Crippen LogP contribution in [0, 0.1) is 6.92 Å². The molecule has 0 saturated carbocycles. The molecule has 2 aromatic heterocycles. The number of benzene rings is 2. The number of hydrogen-bond donors (Lipinski definition) is 2. The first-order chi connectivity index (χ1) is 13.1. The summed E-state index contributed by atoms with van der Waals surface area (Å²) in [5.41, 5.74) is 3.74. The van der Waals surface area contributed by atoms with Crippen LogP contribution < -0.4 is 5.32 Å². The van der Waals surface area contributed by atoms with Crippen LogP contribution in [0.15, 0.2) is 65.3 Å². The summed E-state index contributed by atoms with van der Waals surface area (Å²) in [5.74, 6) is -0.209. The van der Waals surface area contributed by atoms with Gasteiger partial charge < -0.3 is 14.8 Å². The SMILES string of the molecule is Cc1cc(C(=O)NC[C@H](c2ccccc2Cl)c2c[nH]c3ccccc23)on1. The number of rotatable bonds is 5. The van der Waals surface area contributed by atoms with Gasteiger partial charge >= 0.3 is 0 Å². The molecule has 0 unspecified atom stereocenters. The number of carbonyl (C=O) groups excluding carboxylic acids is 1. The molecule has 27 heavy (non-hydrogen) atoms. The van der Waals surface area contributed by atoms with Gasteiger partial charge in [-0.15, -0.1) is 0 Å². The van der Waals surface area contributed by atoms with Gasteiger partial charge in [0.15, 0.2) is 0 Å². The van der Waals surface area contributed by atoms with Gasteiger partial charge in [0.1, 0.15) is 0 Å². The van der Waals surface area contributed by atoms with Crippen LogP contribution in [0.3, 0.4) is 0 Å². The van der Waals surface area contributed by atoms with Crippen LogP contribution in [0.4, 0.5) is 0 Å². The lowest BCUT2D eigenvalue weighted by molar-refractivity contribution is 0.0915. The summed E-state index contributed by atoms with van der Waals surface area (Å²) in [4.78, 5) is 15.7. The van der Waals surface area contributed by atoms with E-state index in [4.69, 9.17) is 16.1 Å². The van der Waals surface area contributed by atoms with Gasteiger partial charge in [-0.25, -0.2) is 0 Å². The fourth-order valence-corrected chi connectivity index (χ4v) is 3.55. The lowest BCUT2D eigenvalue weighted by Crippen LogP contribution is -2.28. The van der Waals surface area contributed by atoms with E-state index in [9.17, 15) is 4.79 Å². The standard InChI is InChI=1S/C21H18ClN3O2/c1-13-10-20(27-25-13)21(26)24-12-16(14-6-2-4-8-18(14)22)17-11-23-19-9-5-3-7-15(17)19/h2-11,16,23H,12H2,1H3,(H,24,26)/t16-/m1/s1. The number of aromatic nitrogens is 2. The lowest BCUT2D eigenvalue weighted by atomic mass is 9.90. The average molecular weight is 380 g/mol. The Labute approximate surface area is 161 Å². The molecule has 2 heterocycles. The van der Waals surface area contributed by atoms with Gasteiger partial charge in [-0.2, -0.15) is 0 Å². The molecule has 0 saturated heterocycles. The van der Waals surface area contributed by atoms with Gasteiger partial charge in [-0.05, 0) is 30.2 Å². The first kappa shape index (κ1) is 17.4. The number of amides is 1. The predicted molar refractivity (Wildman–Crippen MR) is 105 cm³/mol. The molecular weight excluding hydrogens is 362 g/mol. The number of aryl methyl sites for hydroxylation is 1. The number of fused-ring (bicyclic) bond motifs is 1. The van der Waals surface area contributed by atoms with Crippen molar-refractivity contribution in [1.82, 2.24) is 15.5 Å². The number of carbonyl (C=O) groups is 1. The van der Waals surface area contributed by atoms with E-state index in [1.54, 1.807) is 13.0 Å². The molecule has 1 amide bonds. The van der Waals surface area contributed by atoms with Crippen molar-refractivity contribution in [3.8, 4) is 0 Å². The summed E-state index contributed by atoms with van der Waals surface area (Å²) in [5, 5.41) is 8.48. The number of para-hydroxylation sites is 1. The minimum absolute atomic E-state index is 0.109. The van der Waals surface area contributed by atoms with Gasteiger partial charge in [-0.1, -0.05) is 53.2 Å². The van der Waals surface area contributed by atoms with E-state index in [0.29, 0.717) is 17.3 Å². The van der Waals surface area contributed by atoms with E-state index in [0.717, 1.165) is 22.0 Å². The highest BCUT2D eigenvalue weighted by molar-refractivity contribution is 6.31. The molecule has 2 aromatic carbocycles. The number of hydrogen-bond acceptors (Lipinski definition) is 3. The van der Waals surface area contributed by atoms with Crippen LogP contribution in [0.1, 0.15) is 33.3 Å². The number of aromatic amines is 1. The topological polar surface area (TPSA) is 70.9 Å². The molecule has 2 N–H and O–H groups in total. The predicted octanol–water partition coefficient (Wildman–Crippen LogP) is 4.68. The quantitative estimate of drug-likeness (QED) is 0.529. The number of H-pyrrole nitrogens is 1. The average Bonchev–Trinajstić information content (AvgIpc) is 3.30. The smallest absolute Gasteiger partial charge is 0.289 e. The van der Waals surface area contributed by atoms with E-state index in [-0.39, 0.29) is 17.6 Å². The zero-order valence-electron chi connectivity index (χ0n) is 14.7. The maximum Gasteiger partial charge on any atom is 0.289 e. The molecule has 0 radical (unpaired) electrons. The van der Waals surface area contributed by atoms with Crippen molar-refractivity contribution in [2.75, 3.05) is 6.54 Å². The van der Waals surface area contributed by atoms with Crippen molar-refractivity contribution in [1.29, 1.82) is 0 Å². The fraction of sp³-hybridized carbons (Fsp3) is 0.143. The Morgan fingerprint density at radius 2 is 1.96 bits per heavy atom. The van der Waals surface area contributed by atoms with Crippen LogP contribution >= 0.6 is 11.6 Å². The second-order valence-electron chi connectivity index (χ2n) is 6.41.